The van der Waals surface area contributed by atoms with Crippen LogP contribution >= 0.6 is 11.3 Å². The quantitative estimate of drug-likeness (QED) is 0.587. The van der Waals surface area contributed by atoms with E-state index in [4.69, 9.17) is 4.42 Å². The molecule has 1 aliphatic rings. The lowest BCUT2D eigenvalue weighted by Crippen LogP contribution is -2.42. The van der Waals surface area contributed by atoms with Gasteiger partial charge in [-0.1, -0.05) is 6.92 Å². The summed E-state index contributed by atoms with van der Waals surface area (Å²) in [5, 5.41) is 3.64. The summed E-state index contributed by atoms with van der Waals surface area (Å²) in [6.45, 7) is 5.39. The van der Waals surface area contributed by atoms with Crippen LogP contribution in [-0.4, -0.2) is 34.8 Å². The van der Waals surface area contributed by atoms with Gasteiger partial charge in [0, 0.05) is 24.6 Å². The molecule has 1 aliphatic heterocycles. The Morgan fingerprint density at radius 1 is 1.25 bits per heavy atom. The van der Waals surface area contributed by atoms with Crippen LogP contribution in [0.5, 0.6) is 0 Å². The van der Waals surface area contributed by atoms with Gasteiger partial charge in [0.2, 0.25) is 5.91 Å². The Balaban J connectivity index is 1.33. The molecule has 3 heterocycles. The molecule has 2 aromatic heterocycles. The lowest BCUT2D eigenvalue weighted by molar-refractivity contribution is -0.126. The zero-order valence-electron chi connectivity index (χ0n) is 18.1. The Morgan fingerprint density at radius 2 is 1.97 bits per heavy atom. The standard InChI is InChI=1S/C24H26FN3O3S/c1-15(22(29)26-14-20-4-3-13-31-20)17-9-11-28(12-10-17)24(30)21-16(2)27-23(32-21)18-5-7-19(25)8-6-18/h3-8,13,15,17H,9-12,14H2,1-2H3,(H,26,29)/t15-/m1/s1. The fourth-order valence-electron chi connectivity index (χ4n) is 4.02. The van der Waals surface area contributed by atoms with Gasteiger partial charge in [-0.2, -0.15) is 0 Å². The predicted octanol–water partition coefficient (Wildman–Crippen LogP) is 4.66. The number of rotatable bonds is 6. The average Bonchev–Trinajstić information content (AvgIpc) is 3.47. The molecule has 1 fully saturated rings. The second-order valence-corrected chi connectivity index (χ2v) is 9.15. The molecule has 2 amide bonds. The van der Waals surface area contributed by atoms with E-state index in [9.17, 15) is 14.0 Å². The summed E-state index contributed by atoms with van der Waals surface area (Å²) in [6.07, 6.45) is 3.15. The van der Waals surface area contributed by atoms with Crippen LogP contribution in [0, 0.1) is 24.6 Å². The maximum absolute atomic E-state index is 13.2. The highest BCUT2D eigenvalue weighted by Gasteiger charge is 2.31. The van der Waals surface area contributed by atoms with Gasteiger partial charge in [0.05, 0.1) is 18.5 Å². The van der Waals surface area contributed by atoms with Gasteiger partial charge in [0.25, 0.3) is 5.91 Å². The van der Waals surface area contributed by atoms with Crippen molar-refractivity contribution in [3.8, 4) is 10.6 Å². The van der Waals surface area contributed by atoms with E-state index in [0.29, 0.717) is 35.2 Å². The summed E-state index contributed by atoms with van der Waals surface area (Å²) in [5.41, 5.74) is 1.48. The fourth-order valence-corrected chi connectivity index (χ4v) is 5.06. The van der Waals surface area contributed by atoms with Crippen LogP contribution in [0.3, 0.4) is 0 Å². The van der Waals surface area contributed by atoms with Crippen molar-refractivity contribution in [3.05, 3.63) is 64.8 Å². The lowest BCUT2D eigenvalue weighted by atomic mass is 9.85. The third kappa shape index (κ3) is 4.91. The van der Waals surface area contributed by atoms with Crippen molar-refractivity contribution in [1.29, 1.82) is 0 Å². The molecule has 0 unspecified atom stereocenters. The van der Waals surface area contributed by atoms with Crippen molar-refractivity contribution in [2.24, 2.45) is 11.8 Å². The Morgan fingerprint density at radius 3 is 2.62 bits per heavy atom. The van der Waals surface area contributed by atoms with Crippen molar-refractivity contribution in [1.82, 2.24) is 15.2 Å². The molecule has 168 valence electrons. The SMILES string of the molecule is Cc1nc(-c2ccc(F)cc2)sc1C(=O)N1CCC([C@@H](C)C(=O)NCc2ccco2)CC1. The van der Waals surface area contributed by atoms with Gasteiger partial charge in [-0.3, -0.25) is 9.59 Å². The average molecular weight is 456 g/mol. The first-order valence-corrected chi connectivity index (χ1v) is 11.6. The number of aryl methyl sites for hydroxylation is 1. The molecular weight excluding hydrogens is 429 g/mol. The van der Waals surface area contributed by atoms with Crippen LogP contribution in [-0.2, 0) is 11.3 Å². The van der Waals surface area contributed by atoms with E-state index in [1.54, 1.807) is 24.5 Å². The Kier molecular flexibility index (Phi) is 6.69. The third-order valence-corrected chi connectivity index (χ3v) is 7.24. The molecule has 6 nitrogen and oxygen atoms in total. The Labute approximate surface area is 190 Å². The van der Waals surface area contributed by atoms with Crippen molar-refractivity contribution < 1.29 is 18.4 Å². The lowest BCUT2D eigenvalue weighted by Gasteiger charge is -2.34. The van der Waals surface area contributed by atoms with E-state index in [1.165, 1.54) is 23.5 Å². The monoisotopic (exact) mass is 455 g/mol. The molecule has 0 radical (unpaired) electrons. The summed E-state index contributed by atoms with van der Waals surface area (Å²) < 4.78 is 18.5. The first-order valence-electron chi connectivity index (χ1n) is 10.7. The molecule has 0 bridgehead atoms. The molecule has 1 aromatic carbocycles. The van der Waals surface area contributed by atoms with Crippen LogP contribution in [0.2, 0.25) is 0 Å². The smallest absolute Gasteiger partial charge is 0.265 e. The van der Waals surface area contributed by atoms with E-state index in [-0.39, 0.29) is 29.5 Å². The minimum absolute atomic E-state index is 0.00779. The first kappa shape index (κ1) is 22.2. The van der Waals surface area contributed by atoms with Gasteiger partial charge in [0.1, 0.15) is 21.5 Å². The molecule has 0 aliphatic carbocycles. The number of aromatic nitrogens is 1. The summed E-state index contributed by atoms with van der Waals surface area (Å²) in [6, 6.07) is 9.76. The molecule has 1 atom stereocenters. The number of benzene rings is 1. The van der Waals surface area contributed by atoms with E-state index < -0.39 is 0 Å². The van der Waals surface area contributed by atoms with E-state index in [1.807, 2.05) is 24.8 Å². The number of nitrogens with one attached hydrogen (secondary N) is 1. The van der Waals surface area contributed by atoms with Gasteiger partial charge >= 0.3 is 0 Å². The molecule has 4 rings (SSSR count). The molecule has 1 saturated heterocycles. The number of hydrogen-bond donors (Lipinski definition) is 1. The largest absolute Gasteiger partial charge is 0.467 e. The zero-order chi connectivity index (χ0) is 22.7. The van der Waals surface area contributed by atoms with Crippen molar-refractivity contribution in [3.63, 3.8) is 0 Å². The van der Waals surface area contributed by atoms with E-state index in [0.717, 1.165) is 24.2 Å². The number of likely N-dealkylation sites (tertiary alicyclic amines) is 1. The molecule has 0 spiro atoms. The number of furan rings is 1. The topological polar surface area (TPSA) is 75.4 Å². The minimum Gasteiger partial charge on any atom is -0.467 e. The first-order chi connectivity index (χ1) is 15.4. The third-order valence-electron chi connectivity index (χ3n) is 6.05. The molecule has 8 heteroatoms. The number of nitrogens with zero attached hydrogens (tertiary/aromatic N) is 2. The highest BCUT2D eigenvalue weighted by atomic mass is 32.1. The van der Waals surface area contributed by atoms with Crippen LogP contribution < -0.4 is 5.32 Å². The second-order valence-electron chi connectivity index (χ2n) is 8.16. The molecule has 32 heavy (non-hydrogen) atoms. The number of piperidine rings is 1. The van der Waals surface area contributed by atoms with Crippen LogP contribution in [0.1, 0.15) is 40.9 Å². The van der Waals surface area contributed by atoms with Crippen LogP contribution in [0.4, 0.5) is 4.39 Å². The summed E-state index contributed by atoms with van der Waals surface area (Å²) >= 11 is 1.34. The molecular formula is C24H26FN3O3S. The highest BCUT2D eigenvalue weighted by molar-refractivity contribution is 7.17. The maximum atomic E-state index is 13.2. The van der Waals surface area contributed by atoms with E-state index >= 15 is 0 Å². The molecule has 0 saturated carbocycles. The normalized spacial score (nSPS) is 15.5. The molecule has 1 N–H and O–H groups in total. The van der Waals surface area contributed by atoms with Gasteiger partial charge < -0.3 is 14.6 Å². The van der Waals surface area contributed by atoms with Gasteiger partial charge in [-0.15, -0.1) is 11.3 Å². The summed E-state index contributed by atoms with van der Waals surface area (Å²) in [5.74, 6) is 0.511. The molecule has 3 aromatic rings. The van der Waals surface area contributed by atoms with Crippen molar-refractivity contribution in [2.45, 2.75) is 33.2 Å². The Hall–Kier alpha value is -3.00. The minimum atomic E-state index is -0.301. The number of thiazole rings is 1. The van der Waals surface area contributed by atoms with Gasteiger partial charge in [0.15, 0.2) is 0 Å². The summed E-state index contributed by atoms with van der Waals surface area (Å²) in [7, 11) is 0. The van der Waals surface area contributed by atoms with Crippen molar-refractivity contribution >= 4 is 23.2 Å². The number of halogens is 1. The number of carbonyl (C=O) groups is 2. The summed E-state index contributed by atoms with van der Waals surface area (Å²) in [4.78, 5) is 32.6. The van der Waals surface area contributed by atoms with Gasteiger partial charge in [-0.05, 0) is 62.1 Å². The van der Waals surface area contributed by atoms with Crippen LogP contribution in [0.15, 0.2) is 47.1 Å². The number of carbonyl (C=O) groups excluding carboxylic acids is 2. The fraction of sp³-hybridized carbons (Fsp3) is 0.375. The van der Waals surface area contributed by atoms with E-state index in [2.05, 4.69) is 10.3 Å². The second kappa shape index (κ2) is 9.65. The Bertz CT molecular complexity index is 1070. The highest BCUT2D eigenvalue weighted by Crippen LogP contribution is 2.31. The van der Waals surface area contributed by atoms with Gasteiger partial charge in [-0.25, -0.2) is 9.37 Å². The van der Waals surface area contributed by atoms with Crippen molar-refractivity contribution in [2.75, 3.05) is 13.1 Å². The predicted molar refractivity (Wildman–Crippen MR) is 121 cm³/mol. The maximum Gasteiger partial charge on any atom is 0.265 e. The number of amides is 2. The number of hydrogen-bond acceptors (Lipinski definition) is 5. The zero-order valence-corrected chi connectivity index (χ0v) is 19.0. The van der Waals surface area contributed by atoms with Crippen LogP contribution in [0.25, 0.3) is 10.6 Å².